The van der Waals surface area contributed by atoms with E-state index in [0.717, 1.165) is 46.6 Å². The Morgan fingerprint density at radius 3 is 2.61 bits per heavy atom. The number of alkyl halides is 1. The molecule has 1 N–H and O–H groups in total. The maximum atomic E-state index is 15.5. The van der Waals surface area contributed by atoms with Crippen molar-refractivity contribution >= 4 is 17.1 Å². The van der Waals surface area contributed by atoms with E-state index in [0.29, 0.717) is 31.0 Å². The van der Waals surface area contributed by atoms with Crippen molar-refractivity contribution in [3.8, 4) is 22.9 Å². The predicted molar refractivity (Wildman–Crippen MR) is 156 cm³/mol. The average Bonchev–Trinajstić information content (AvgIpc) is 3.75. The van der Waals surface area contributed by atoms with Crippen LogP contribution in [0, 0.1) is 0 Å². The van der Waals surface area contributed by atoms with Crippen molar-refractivity contribution in [1.82, 2.24) is 34.5 Å². The van der Waals surface area contributed by atoms with Crippen LogP contribution in [0.5, 0.6) is 0 Å². The van der Waals surface area contributed by atoms with E-state index in [2.05, 4.69) is 27.6 Å². The van der Waals surface area contributed by atoms with Crippen LogP contribution in [0.3, 0.4) is 0 Å². The summed E-state index contributed by atoms with van der Waals surface area (Å²) in [6.45, 7) is 4.89. The molecule has 1 saturated heterocycles. The summed E-state index contributed by atoms with van der Waals surface area (Å²) >= 11 is 0. The molecule has 5 aromatic rings. The number of hydrogen-bond donors (Lipinski definition) is 1. The van der Waals surface area contributed by atoms with Crippen LogP contribution < -0.4 is 5.32 Å². The lowest BCUT2D eigenvalue weighted by atomic mass is 10.0. The molecule has 2 atom stereocenters. The van der Waals surface area contributed by atoms with Gasteiger partial charge in [-0.2, -0.15) is 5.10 Å². The first-order valence-corrected chi connectivity index (χ1v) is 14.0. The number of carbonyl (C=O) groups excluding carboxylic acids is 1. The van der Waals surface area contributed by atoms with Crippen LogP contribution in [0.1, 0.15) is 30.0 Å². The van der Waals surface area contributed by atoms with E-state index in [9.17, 15) is 4.79 Å². The summed E-state index contributed by atoms with van der Waals surface area (Å²) in [5.41, 5.74) is 5.30. The number of aromatic nitrogens is 5. The van der Waals surface area contributed by atoms with Gasteiger partial charge in [0.2, 0.25) is 5.91 Å². The van der Waals surface area contributed by atoms with Crippen LogP contribution in [0.25, 0.3) is 34.1 Å². The number of imidazole rings is 1. The van der Waals surface area contributed by atoms with Gasteiger partial charge < -0.3 is 10.2 Å². The number of fused-ring (bicyclic) bond motifs is 2. The van der Waals surface area contributed by atoms with Crippen LogP contribution in [0.15, 0.2) is 91.8 Å². The highest BCUT2D eigenvalue weighted by atomic mass is 19.1. The van der Waals surface area contributed by atoms with Crippen molar-refractivity contribution in [2.45, 2.75) is 37.5 Å². The molecule has 3 aromatic heterocycles. The van der Waals surface area contributed by atoms with Crippen molar-refractivity contribution < 1.29 is 9.18 Å². The van der Waals surface area contributed by atoms with Gasteiger partial charge in [-0.1, -0.05) is 43.0 Å². The van der Waals surface area contributed by atoms with Crippen LogP contribution in [-0.4, -0.2) is 60.4 Å². The van der Waals surface area contributed by atoms with Crippen LogP contribution in [0.2, 0.25) is 0 Å². The van der Waals surface area contributed by atoms with E-state index < -0.39 is 6.17 Å². The number of pyridine rings is 1. The van der Waals surface area contributed by atoms with Crippen molar-refractivity contribution in [2.24, 2.45) is 0 Å². The summed E-state index contributed by atoms with van der Waals surface area (Å²) in [5, 5.41) is 7.91. The first-order valence-electron chi connectivity index (χ1n) is 14.0. The maximum absolute atomic E-state index is 15.5. The van der Waals surface area contributed by atoms with E-state index in [4.69, 9.17) is 9.97 Å². The minimum absolute atomic E-state index is 0.0429. The third-order valence-corrected chi connectivity index (χ3v) is 8.15. The summed E-state index contributed by atoms with van der Waals surface area (Å²) in [6, 6.07) is 21.7. The van der Waals surface area contributed by atoms with Gasteiger partial charge in [-0.15, -0.1) is 0 Å². The molecule has 0 spiro atoms. The number of nitrogens with zero attached hydrogens (tertiary/aromatic N) is 6. The number of hydrogen-bond acceptors (Lipinski definition) is 5. The quantitative estimate of drug-likeness (QED) is 0.304. The highest BCUT2D eigenvalue weighted by Crippen LogP contribution is 2.37. The van der Waals surface area contributed by atoms with Gasteiger partial charge >= 0.3 is 0 Å². The zero-order valence-corrected chi connectivity index (χ0v) is 22.5. The average molecular weight is 548 g/mol. The van der Waals surface area contributed by atoms with Crippen LogP contribution in [-0.2, 0) is 11.2 Å². The van der Waals surface area contributed by atoms with E-state index in [1.54, 1.807) is 15.8 Å². The molecule has 41 heavy (non-hydrogen) atoms. The SMILES string of the molecule is C=CC(=O)N1CCC(N[C@@H]2c3ccc(-n4c(-c5ccccc5)nc5ccc(-n6cccn6)nc54)cc3CC2F)CC1. The Labute approximate surface area is 237 Å². The highest BCUT2D eigenvalue weighted by Gasteiger charge is 2.35. The molecule has 1 amide bonds. The standard InChI is InChI=1S/C32H30FN7O/c1-2-29(41)38-17-13-23(14-18-38)35-30-25-10-9-24(19-22(25)20-26(30)33)40-31(21-7-4-3-5-8-21)36-27-11-12-28(37-32(27)40)39-16-6-15-34-39/h2-12,15-16,19,23,26,30,35H,1,13-14,17-18,20H2/t26?,30-/m1/s1. The second kappa shape index (κ2) is 10.4. The molecular formula is C32H30FN7O. The van der Waals surface area contributed by atoms with Crippen molar-refractivity contribution in [2.75, 3.05) is 13.1 Å². The Bertz CT molecular complexity index is 1720. The monoisotopic (exact) mass is 547 g/mol. The highest BCUT2D eigenvalue weighted by molar-refractivity contribution is 5.87. The van der Waals surface area contributed by atoms with Gasteiger partial charge in [0.15, 0.2) is 11.5 Å². The first kappa shape index (κ1) is 25.3. The van der Waals surface area contributed by atoms with Gasteiger partial charge in [-0.3, -0.25) is 9.36 Å². The zero-order valence-electron chi connectivity index (χ0n) is 22.5. The van der Waals surface area contributed by atoms with Crippen molar-refractivity contribution in [3.63, 3.8) is 0 Å². The number of carbonyl (C=O) groups is 1. The van der Waals surface area contributed by atoms with Gasteiger partial charge in [0, 0.05) is 49.2 Å². The van der Waals surface area contributed by atoms with Gasteiger partial charge in [-0.05, 0) is 60.4 Å². The Kier molecular flexibility index (Phi) is 6.43. The fourth-order valence-electron chi connectivity index (χ4n) is 6.08. The lowest BCUT2D eigenvalue weighted by Gasteiger charge is -2.34. The van der Waals surface area contributed by atoms with E-state index in [1.165, 1.54) is 6.08 Å². The topological polar surface area (TPSA) is 80.9 Å². The third-order valence-electron chi connectivity index (χ3n) is 8.15. The summed E-state index contributed by atoms with van der Waals surface area (Å²) in [5.74, 6) is 1.42. The number of likely N-dealkylation sites (tertiary alicyclic amines) is 1. The van der Waals surface area contributed by atoms with Crippen LogP contribution in [0.4, 0.5) is 4.39 Å². The van der Waals surface area contributed by atoms with Gasteiger partial charge in [0.05, 0.1) is 6.04 Å². The van der Waals surface area contributed by atoms with Gasteiger partial charge in [0.25, 0.3) is 0 Å². The molecule has 4 heterocycles. The molecule has 0 saturated carbocycles. The predicted octanol–water partition coefficient (Wildman–Crippen LogP) is 4.98. The fraction of sp³-hybridized carbons (Fsp3) is 0.250. The largest absolute Gasteiger partial charge is 0.339 e. The summed E-state index contributed by atoms with van der Waals surface area (Å²) < 4.78 is 19.3. The minimum Gasteiger partial charge on any atom is -0.339 e. The number of piperidine rings is 1. The molecule has 8 nitrogen and oxygen atoms in total. The Morgan fingerprint density at radius 2 is 1.85 bits per heavy atom. The number of benzene rings is 2. The molecule has 1 aliphatic heterocycles. The number of rotatable bonds is 6. The number of amides is 1. The molecule has 9 heteroatoms. The minimum atomic E-state index is -1.02. The molecule has 1 unspecified atom stereocenters. The summed E-state index contributed by atoms with van der Waals surface area (Å²) in [7, 11) is 0. The lowest BCUT2D eigenvalue weighted by Crippen LogP contribution is -2.46. The molecule has 0 bridgehead atoms. The summed E-state index contributed by atoms with van der Waals surface area (Å²) in [4.78, 5) is 23.7. The normalized spacial score (nSPS) is 19.0. The smallest absolute Gasteiger partial charge is 0.245 e. The second-order valence-corrected chi connectivity index (χ2v) is 10.7. The molecule has 2 aromatic carbocycles. The molecule has 1 aliphatic carbocycles. The molecule has 1 fully saturated rings. The van der Waals surface area contributed by atoms with Gasteiger partial charge in [0.1, 0.15) is 17.5 Å². The van der Waals surface area contributed by atoms with Crippen molar-refractivity contribution in [1.29, 1.82) is 0 Å². The molecule has 206 valence electrons. The number of halogens is 1. The molecule has 2 aliphatic rings. The Hall–Kier alpha value is -4.63. The van der Waals surface area contributed by atoms with E-state index >= 15 is 4.39 Å². The third kappa shape index (κ3) is 4.62. The maximum Gasteiger partial charge on any atom is 0.245 e. The number of nitrogens with one attached hydrogen (secondary N) is 1. The van der Waals surface area contributed by atoms with Crippen molar-refractivity contribution in [3.05, 3.63) is 103 Å². The zero-order chi connectivity index (χ0) is 27.9. The molecular weight excluding hydrogens is 517 g/mol. The first-order chi connectivity index (χ1) is 20.1. The van der Waals surface area contributed by atoms with E-state index in [1.807, 2.05) is 66.9 Å². The Morgan fingerprint density at radius 1 is 1.02 bits per heavy atom. The Balaban J connectivity index is 1.24. The summed E-state index contributed by atoms with van der Waals surface area (Å²) in [6.07, 6.45) is 5.85. The van der Waals surface area contributed by atoms with E-state index in [-0.39, 0.29) is 18.0 Å². The molecule has 7 rings (SSSR count). The molecule has 0 radical (unpaired) electrons. The van der Waals surface area contributed by atoms with Gasteiger partial charge in [-0.25, -0.2) is 19.0 Å². The fourth-order valence-corrected chi connectivity index (χ4v) is 6.08. The van der Waals surface area contributed by atoms with Crippen LogP contribution >= 0.6 is 0 Å². The lowest BCUT2D eigenvalue weighted by molar-refractivity contribution is -0.127. The second-order valence-electron chi connectivity index (χ2n) is 10.7.